The van der Waals surface area contributed by atoms with E-state index in [9.17, 15) is 18.0 Å². The molecule has 0 spiro atoms. The number of anilines is 1. The standard InChI is InChI=1S/C34H31F4N5O4/c1-19(2)27-28-30(31(40-18-39-28)45-17-34(36,37)38)43(23-14-15-25(24(35)16-23)46-26-9-7-8-20(3)41-26)29(27)21-10-12-22(13-11-21)42-32(44)47-33(4,5)6/h7-16,18H,1,17H2,2-6H3,(H,42,44). The molecule has 13 heteroatoms. The molecule has 47 heavy (non-hydrogen) atoms. The van der Waals surface area contributed by atoms with Gasteiger partial charge in [0.15, 0.2) is 18.2 Å². The monoisotopic (exact) mass is 649 g/mol. The smallest absolute Gasteiger partial charge is 0.422 e. The number of nitrogens with zero attached hydrogens (tertiary/aromatic N) is 4. The molecule has 244 valence electrons. The fraction of sp³-hybridized carbons (Fsp3) is 0.235. The summed E-state index contributed by atoms with van der Waals surface area (Å²) in [4.78, 5) is 25.0. The van der Waals surface area contributed by atoms with Gasteiger partial charge in [0, 0.05) is 34.8 Å². The Bertz CT molecular complexity index is 1960. The van der Waals surface area contributed by atoms with Gasteiger partial charge in [-0.15, -0.1) is 0 Å². The Labute approximate surface area is 267 Å². The average Bonchev–Trinajstić information content (AvgIpc) is 3.32. The summed E-state index contributed by atoms with van der Waals surface area (Å²) >= 11 is 0. The minimum Gasteiger partial charge on any atom is -0.466 e. The van der Waals surface area contributed by atoms with Crippen LogP contribution in [0.3, 0.4) is 0 Å². The van der Waals surface area contributed by atoms with Gasteiger partial charge in [-0.25, -0.2) is 19.2 Å². The van der Waals surface area contributed by atoms with Gasteiger partial charge in [0.05, 0.1) is 5.69 Å². The predicted octanol–water partition coefficient (Wildman–Crippen LogP) is 9.04. The van der Waals surface area contributed by atoms with Crippen LogP contribution >= 0.6 is 0 Å². The van der Waals surface area contributed by atoms with Crippen LogP contribution in [0.2, 0.25) is 0 Å². The molecule has 1 N–H and O–H groups in total. The second-order valence-corrected chi connectivity index (χ2v) is 11.7. The number of carbonyl (C=O) groups excluding carboxylic acids is 1. The van der Waals surface area contributed by atoms with Crippen molar-refractivity contribution in [3.63, 3.8) is 0 Å². The number of pyridine rings is 1. The van der Waals surface area contributed by atoms with Gasteiger partial charge >= 0.3 is 12.3 Å². The van der Waals surface area contributed by atoms with Gasteiger partial charge in [0.25, 0.3) is 0 Å². The van der Waals surface area contributed by atoms with E-state index in [0.717, 1.165) is 6.33 Å². The number of ether oxygens (including phenoxy) is 3. The Kier molecular flexibility index (Phi) is 8.92. The number of hydrogen-bond donors (Lipinski definition) is 1. The molecule has 2 aromatic carbocycles. The summed E-state index contributed by atoms with van der Waals surface area (Å²) in [5, 5.41) is 2.66. The number of rotatable bonds is 8. The van der Waals surface area contributed by atoms with Gasteiger partial charge in [-0.1, -0.05) is 24.8 Å². The maximum atomic E-state index is 15.7. The fourth-order valence-corrected chi connectivity index (χ4v) is 4.81. The van der Waals surface area contributed by atoms with Crippen LogP contribution in [0.15, 0.2) is 73.6 Å². The normalized spacial score (nSPS) is 11.8. The quantitative estimate of drug-likeness (QED) is 0.167. The second-order valence-electron chi connectivity index (χ2n) is 11.7. The molecule has 3 heterocycles. The van der Waals surface area contributed by atoms with Crippen molar-refractivity contribution in [3.8, 4) is 34.5 Å². The first-order chi connectivity index (χ1) is 22.1. The van der Waals surface area contributed by atoms with Gasteiger partial charge in [0.2, 0.25) is 11.8 Å². The summed E-state index contributed by atoms with van der Waals surface area (Å²) < 4.78 is 73.1. The van der Waals surface area contributed by atoms with Crippen LogP contribution in [0.5, 0.6) is 17.5 Å². The summed E-state index contributed by atoms with van der Waals surface area (Å²) in [6.45, 7) is 11.2. The van der Waals surface area contributed by atoms with Crippen LogP contribution in [0, 0.1) is 12.7 Å². The molecule has 5 rings (SSSR count). The van der Waals surface area contributed by atoms with Crippen LogP contribution in [-0.4, -0.2) is 44.0 Å². The topological polar surface area (TPSA) is 100 Å². The molecule has 5 aromatic rings. The van der Waals surface area contributed by atoms with E-state index in [1.165, 1.54) is 22.8 Å². The van der Waals surface area contributed by atoms with Crippen LogP contribution in [0.25, 0.3) is 33.6 Å². The maximum absolute atomic E-state index is 15.7. The minimum atomic E-state index is -4.65. The van der Waals surface area contributed by atoms with Gasteiger partial charge in [-0.3, -0.25) is 5.32 Å². The largest absolute Gasteiger partial charge is 0.466 e. The first kappa shape index (κ1) is 32.9. The van der Waals surface area contributed by atoms with Crippen molar-refractivity contribution in [2.24, 2.45) is 0 Å². The molecule has 0 fully saturated rings. The van der Waals surface area contributed by atoms with E-state index in [0.29, 0.717) is 33.8 Å². The fourth-order valence-electron chi connectivity index (χ4n) is 4.81. The summed E-state index contributed by atoms with van der Waals surface area (Å²) in [5.74, 6) is -1.06. The summed E-state index contributed by atoms with van der Waals surface area (Å²) in [5.41, 5.74) is 2.85. The summed E-state index contributed by atoms with van der Waals surface area (Å²) in [7, 11) is 0. The Hall–Kier alpha value is -5.46. The van der Waals surface area contributed by atoms with E-state index in [4.69, 9.17) is 14.2 Å². The van der Waals surface area contributed by atoms with E-state index in [2.05, 4.69) is 26.8 Å². The molecule has 1 amide bonds. The van der Waals surface area contributed by atoms with Gasteiger partial charge in [0.1, 0.15) is 23.0 Å². The van der Waals surface area contributed by atoms with Gasteiger partial charge < -0.3 is 18.8 Å². The molecule has 0 atom stereocenters. The Morgan fingerprint density at radius 3 is 2.36 bits per heavy atom. The zero-order valence-corrected chi connectivity index (χ0v) is 26.2. The highest BCUT2D eigenvalue weighted by Gasteiger charge is 2.31. The maximum Gasteiger partial charge on any atom is 0.422 e. The second kappa shape index (κ2) is 12.7. The number of halogens is 4. The molecule has 0 saturated heterocycles. The predicted molar refractivity (Wildman–Crippen MR) is 169 cm³/mol. The molecule has 0 aliphatic carbocycles. The minimum absolute atomic E-state index is 0.0640. The van der Waals surface area contributed by atoms with Crippen molar-refractivity contribution < 1.29 is 36.6 Å². The number of carbonyl (C=O) groups is 1. The lowest BCUT2D eigenvalue weighted by Crippen LogP contribution is -2.27. The van der Waals surface area contributed by atoms with Crippen molar-refractivity contribution in [3.05, 3.63) is 90.6 Å². The molecular formula is C34H31F4N5O4. The van der Waals surface area contributed by atoms with Gasteiger partial charge in [-0.2, -0.15) is 18.2 Å². The lowest BCUT2D eigenvalue weighted by molar-refractivity contribution is -0.153. The number of hydrogen-bond acceptors (Lipinski definition) is 7. The van der Waals surface area contributed by atoms with Crippen molar-refractivity contribution in [2.45, 2.75) is 46.4 Å². The number of allylic oxidation sites excluding steroid dienone is 1. The SMILES string of the molecule is C=C(C)c1c(-c2ccc(NC(=O)OC(C)(C)C)cc2)n(-c2ccc(Oc3cccc(C)n3)c(F)c2)c2c(OCC(F)(F)F)ncnc12. The van der Waals surface area contributed by atoms with Crippen molar-refractivity contribution in [2.75, 3.05) is 11.9 Å². The van der Waals surface area contributed by atoms with Crippen LogP contribution in [0.1, 0.15) is 39.0 Å². The Balaban J connectivity index is 1.68. The molecule has 0 saturated carbocycles. The highest BCUT2D eigenvalue weighted by molar-refractivity contribution is 6.01. The summed E-state index contributed by atoms with van der Waals surface area (Å²) in [6.07, 6.45) is -4.21. The van der Waals surface area contributed by atoms with Gasteiger partial charge in [-0.05, 0) is 76.1 Å². The van der Waals surface area contributed by atoms with Crippen molar-refractivity contribution in [1.29, 1.82) is 0 Å². The number of fused-ring (bicyclic) bond motifs is 1. The zero-order valence-electron chi connectivity index (χ0n) is 26.2. The molecule has 0 aliphatic heterocycles. The number of nitrogens with one attached hydrogen (secondary N) is 1. The third kappa shape index (κ3) is 7.68. The number of alkyl halides is 3. The summed E-state index contributed by atoms with van der Waals surface area (Å²) in [6, 6.07) is 15.8. The first-order valence-electron chi connectivity index (χ1n) is 14.4. The molecule has 3 aromatic heterocycles. The van der Waals surface area contributed by atoms with E-state index < -0.39 is 30.3 Å². The van der Waals surface area contributed by atoms with E-state index in [1.807, 2.05) is 0 Å². The van der Waals surface area contributed by atoms with E-state index >= 15 is 4.39 Å². The average molecular weight is 650 g/mol. The Morgan fingerprint density at radius 2 is 1.74 bits per heavy atom. The highest BCUT2D eigenvalue weighted by atomic mass is 19.4. The third-order valence-electron chi connectivity index (χ3n) is 6.56. The van der Waals surface area contributed by atoms with Crippen LogP contribution in [0.4, 0.5) is 28.0 Å². The molecule has 0 bridgehead atoms. The number of aromatic nitrogens is 4. The Morgan fingerprint density at radius 1 is 1.02 bits per heavy atom. The molecular weight excluding hydrogens is 618 g/mol. The zero-order chi connectivity index (χ0) is 34.1. The first-order valence-corrected chi connectivity index (χ1v) is 14.4. The molecule has 0 unspecified atom stereocenters. The lowest BCUT2D eigenvalue weighted by Gasteiger charge is -2.20. The van der Waals surface area contributed by atoms with Crippen LogP contribution in [-0.2, 0) is 4.74 Å². The van der Waals surface area contributed by atoms with E-state index in [-0.39, 0.29) is 34.2 Å². The number of aryl methyl sites for hydroxylation is 1. The number of benzene rings is 2. The molecule has 9 nitrogen and oxygen atoms in total. The molecule has 0 aliphatic rings. The number of amides is 1. The van der Waals surface area contributed by atoms with Crippen molar-refractivity contribution >= 4 is 28.4 Å². The van der Waals surface area contributed by atoms with E-state index in [1.54, 1.807) is 77.1 Å². The van der Waals surface area contributed by atoms with Crippen LogP contribution < -0.4 is 14.8 Å². The highest BCUT2D eigenvalue weighted by Crippen LogP contribution is 2.42. The lowest BCUT2D eigenvalue weighted by atomic mass is 10.0. The molecule has 0 radical (unpaired) electrons. The van der Waals surface area contributed by atoms with Crippen molar-refractivity contribution in [1.82, 2.24) is 19.5 Å². The third-order valence-corrected chi connectivity index (χ3v) is 6.56.